The molecule has 2 aromatic rings. The molecular weight excluding hydrogens is 501 g/mol. The minimum Gasteiger partial charge on any atom is -0.376 e. The highest BCUT2D eigenvalue weighted by Crippen LogP contribution is 2.18. The molecule has 4 heterocycles. The van der Waals surface area contributed by atoms with E-state index in [1.807, 2.05) is 11.6 Å². The van der Waals surface area contributed by atoms with E-state index in [1.165, 1.54) is 12.8 Å². The Kier molecular flexibility index (Phi) is 9.01. The number of ether oxygens (including phenoxy) is 2. The third kappa shape index (κ3) is 6.28. The molecule has 0 radical (unpaired) electrons. The van der Waals surface area contributed by atoms with E-state index < -0.39 is 0 Å². The van der Waals surface area contributed by atoms with Crippen LogP contribution in [0.4, 0.5) is 0 Å². The number of guanidine groups is 1. The van der Waals surface area contributed by atoms with Crippen LogP contribution in [0.2, 0.25) is 0 Å². The second kappa shape index (κ2) is 11.5. The Morgan fingerprint density at radius 1 is 1.34 bits per heavy atom. The average molecular weight is 533 g/mol. The number of aliphatic imine (C=N–C) groups is 1. The molecule has 0 aromatic carbocycles. The van der Waals surface area contributed by atoms with E-state index in [-0.39, 0.29) is 24.0 Å². The first-order valence-corrected chi connectivity index (χ1v) is 11.4. The van der Waals surface area contributed by atoms with Gasteiger partial charge in [-0.2, -0.15) is 0 Å². The summed E-state index contributed by atoms with van der Waals surface area (Å²) in [5.74, 6) is 0.980. The van der Waals surface area contributed by atoms with Gasteiger partial charge in [-0.1, -0.05) is 0 Å². The molecule has 0 bridgehead atoms. The summed E-state index contributed by atoms with van der Waals surface area (Å²) in [7, 11) is 0. The van der Waals surface area contributed by atoms with E-state index in [0.717, 1.165) is 68.7 Å². The number of hydrogen-bond acceptors (Lipinski definition) is 5. The Bertz CT molecular complexity index is 737. The quantitative estimate of drug-likeness (QED) is 0.350. The van der Waals surface area contributed by atoms with Crippen molar-refractivity contribution in [3.8, 4) is 0 Å². The molecule has 0 spiro atoms. The van der Waals surface area contributed by atoms with Crippen molar-refractivity contribution in [2.45, 2.75) is 57.8 Å². The third-order valence-corrected chi connectivity index (χ3v) is 6.17. The van der Waals surface area contributed by atoms with Gasteiger partial charge in [0.1, 0.15) is 0 Å². The van der Waals surface area contributed by atoms with Crippen molar-refractivity contribution in [1.29, 1.82) is 0 Å². The number of rotatable bonds is 6. The number of thiazole rings is 1. The standard InChI is InChI=1S/C20H31N5O2S.HI/c1-2-21-19(22-13-16-14-25-10-12-28-20(25)23-16)24-8-6-17(7-9-24)27-15-18-5-3-4-11-26-18;/h10,12,14,17-18H,2-9,11,13,15H2,1H3,(H,21,22);1H. The van der Waals surface area contributed by atoms with Crippen LogP contribution in [0.25, 0.3) is 4.96 Å². The van der Waals surface area contributed by atoms with Crippen LogP contribution in [-0.4, -0.2) is 65.3 Å². The zero-order valence-corrected chi connectivity index (χ0v) is 20.2. The molecule has 9 heteroatoms. The molecule has 4 rings (SSSR count). The van der Waals surface area contributed by atoms with Crippen LogP contribution in [0.3, 0.4) is 0 Å². The van der Waals surface area contributed by atoms with Crippen molar-refractivity contribution in [1.82, 2.24) is 19.6 Å². The number of aromatic nitrogens is 2. The molecule has 0 aliphatic carbocycles. The summed E-state index contributed by atoms with van der Waals surface area (Å²) in [6, 6.07) is 0. The lowest BCUT2D eigenvalue weighted by molar-refractivity contribution is -0.0721. The van der Waals surface area contributed by atoms with Crippen molar-refractivity contribution >= 4 is 46.2 Å². The van der Waals surface area contributed by atoms with Gasteiger partial charge in [0.05, 0.1) is 31.1 Å². The maximum Gasteiger partial charge on any atom is 0.194 e. The lowest BCUT2D eigenvalue weighted by Crippen LogP contribution is -2.47. The van der Waals surface area contributed by atoms with Gasteiger partial charge in [0.15, 0.2) is 10.9 Å². The molecule has 0 saturated carbocycles. The molecular formula is C20H32IN5O2S. The first kappa shape index (κ1) is 22.8. The number of nitrogens with one attached hydrogen (secondary N) is 1. The second-order valence-electron chi connectivity index (χ2n) is 7.50. The van der Waals surface area contributed by atoms with Gasteiger partial charge in [-0.3, -0.25) is 4.40 Å². The number of likely N-dealkylation sites (tertiary alicyclic amines) is 1. The minimum atomic E-state index is 0. The van der Waals surface area contributed by atoms with Gasteiger partial charge in [0.25, 0.3) is 0 Å². The van der Waals surface area contributed by atoms with Crippen LogP contribution in [0.5, 0.6) is 0 Å². The summed E-state index contributed by atoms with van der Waals surface area (Å²) >= 11 is 1.65. The molecule has 2 aliphatic heterocycles. The lowest BCUT2D eigenvalue weighted by Gasteiger charge is -2.35. The number of piperidine rings is 1. The van der Waals surface area contributed by atoms with E-state index in [0.29, 0.717) is 18.8 Å². The fourth-order valence-corrected chi connectivity index (χ4v) is 4.57. The van der Waals surface area contributed by atoms with E-state index in [1.54, 1.807) is 11.3 Å². The molecule has 7 nitrogen and oxygen atoms in total. The van der Waals surface area contributed by atoms with Crippen molar-refractivity contribution in [3.05, 3.63) is 23.5 Å². The fraction of sp³-hybridized carbons (Fsp3) is 0.700. The summed E-state index contributed by atoms with van der Waals surface area (Å²) in [5, 5.41) is 5.48. The van der Waals surface area contributed by atoms with Crippen molar-refractivity contribution in [2.75, 3.05) is 32.8 Å². The number of fused-ring (bicyclic) bond motifs is 1. The second-order valence-corrected chi connectivity index (χ2v) is 8.38. The van der Waals surface area contributed by atoms with Crippen LogP contribution in [0.1, 0.15) is 44.7 Å². The van der Waals surface area contributed by atoms with Crippen LogP contribution in [-0.2, 0) is 16.0 Å². The van der Waals surface area contributed by atoms with E-state index in [2.05, 4.69) is 32.7 Å². The SMILES string of the molecule is CCNC(=NCc1cn2ccsc2n1)N1CCC(OCC2CCCCO2)CC1.I. The Balaban J connectivity index is 0.00000240. The minimum absolute atomic E-state index is 0. The normalized spacial score (nSPS) is 21.3. The summed E-state index contributed by atoms with van der Waals surface area (Å²) in [6.45, 7) is 7.17. The van der Waals surface area contributed by atoms with Gasteiger partial charge in [0, 0.05) is 44.0 Å². The largest absolute Gasteiger partial charge is 0.376 e. The van der Waals surface area contributed by atoms with Crippen molar-refractivity contribution in [3.63, 3.8) is 0 Å². The predicted octanol–water partition coefficient (Wildman–Crippen LogP) is 3.53. The van der Waals surface area contributed by atoms with Crippen molar-refractivity contribution in [2.24, 2.45) is 4.99 Å². The zero-order chi connectivity index (χ0) is 19.2. The fourth-order valence-electron chi connectivity index (χ4n) is 3.85. The Labute approximate surface area is 193 Å². The molecule has 2 fully saturated rings. The molecule has 2 aromatic heterocycles. The first-order valence-electron chi connectivity index (χ1n) is 10.5. The van der Waals surface area contributed by atoms with Gasteiger partial charge >= 0.3 is 0 Å². The van der Waals surface area contributed by atoms with Gasteiger partial charge in [-0.25, -0.2) is 9.98 Å². The first-order chi connectivity index (χ1) is 13.8. The molecule has 1 N–H and O–H groups in total. The van der Waals surface area contributed by atoms with Crippen LogP contribution >= 0.6 is 35.3 Å². The van der Waals surface area contributed by atoms with E-state index in [4.69, 9.17) is 14.5 Å². The molecule has 0 amide bonds. The molecule has 1 atom stereocenters. The monoisotopic (exact) mass is 533 g/mol. The summed E-state index contributed by atoms with van der Waals surface area (Å²) < 4.78 is 14.0. The van der Waals surface area contributed by atoms with E-state index >= 15 is 0 Å². The summed E-state index contributed by atoms with van der Waals surface area (Å²) in [6.07, 6.45) is 10.4. The Morgan fingerprint density at radius 2 is 2.21 bits per heavy atom. The highest BCUT2D eigenvalue weighted by Gasteiger charge is 2.23. The highest BCUT2D eigenvalue weighted by molar-refractivity contribution is 14.0. The molecule has 2 saturated heterocycles. The van der Waals surface area contributed by atoms with Crippen LogP contribution < -0.4 is 5.32 Å². The number of imidazole rings is 1. The van der Waals surface area contributed by atoms with Gasteiger partial charge in [0.2, 0.25) is 0 Å². The van der Waals surface area contributed by atoms with Gasteiger partial charge in [-0.05, 0) is 39.0 Å². The lowest BCUT2D eigenvalue weighted by atomic mass is 10.1. The van der Waals surface area contributed by atoms with Gasteiger partial charge in [-0.15, -0.1) is 35.3 Å². The summed E-state index contributed by atoms with van der Waals surface area (Å²) in [5.41, 5.74) is 1.01. The highest BCUT2D eigenvalue weighted by atomic mass is 127. The smallest absolute Gasteiger partial charge is 0.194 e. The predicted molar refractivity (Wildman–Crippen MR) is 127 cm³/mol. The Hall–Kier alpha value is -0.910. The zero-order valence-electron chi connectivity index (χ0n) is 17.1. The number of nitrogens with zero attached hydrogens (tertiary/aromatic N) is 4. The molecule has 2 aliphatic rings. The molecule has 1 unspecified atom stereocenters. The van der Waals surface area contributed by atoms with Crippen LogP contribution in [0, 0.1) is 0 Å². The van der Waals surface area contributed by atoms with E-state index in [9.17, 15) is 0 Å². The molecule has 29 heavy (non-hydrogen) atoms. The topological polar surface area (TPSA) is 63.4 Å². The van der Waals surface area contributed by atoms with Crippen LogP contribution in [0.15, 0.2) is 22.8 Å². The van der Waals surface area contributed by atoms with Gasteiger partial charge < -0.3 is 19.7 Å². The maximum absolute atomic E-state index is 6.14. The number of hydrogen-bond donors (Lipinski definition) is 1. The third-order valence-electron chi connectivity index (χ3n) is 5.40. The Morgan fingerprint density at radius 3 is 2.93 bits per heavy atom. The average Bonchev–Trinajstić information content (AvgIpc) is 3.33. The number of halogens is 1. The molecule has 162 valence electrons. The van der Waals surface area contributed by atoms with Crippen molar-refractivity contribution < 1.29 is 9.47 Å². The maximum atomic E-state index is 6.14. The summed E-state index contributed by atoms with van der Waals surface area (Å²) in [4.78, 5) is 12.8.